The van der Waals surface area contributed by atoms with Gasteiger partial charge in [-0.2, -0.15) is 0 Å². The van der Waals surface area contributed by atoms with Crippen molar-refractivity contribution in [2.24, 2.45) is 0 Å². The number of ether oxygens (including phenoxy) is 1. The van der Waals surface area contributed by atoms with Gasteiger partial charge in [-0.3, -0.25) is 14.5 Å². The van der Waals surface area contributed by atoms with Crippen LogP contribution in [0.25, 0.3) is 0 Å². The van der Waals surface area contributed by atoms with E-state index < -0.39 is 0 Å². The standard InChI is InChI=1S/C12H17BrN2O2.C9H12BrNO/c13-11-2-3-12(16)15(10-11)5-1-4-14-6-8-17-9-7-14;1-2-3-6-11-7-8(10)4-5-9(11)12/h2-3,10H,1,4-9H2;4-5,7H,2-3,6H2,1H3. The van der Waals surface area contributed by atoms with Crippen LogP contribution in [0.1, 0.15) is 26.2 Å². The van der Waals surface area contributed by atoms with Crippen LogP contribution in [-0.4, -0.2) is 46.9 Å². The number of aryl methyl sites for hydroxylation is 2. The van der Waals surface area contributed by atoms with E-state index in [0.717, 1.165) is 74.1 Å². The Morgan fingerprint density at radius 3 is 1.86 bits per heavy atom. The number of hydrogen-bond acceptors (Lipinski definition) is 4. The molecular weight excluding hydrogens is 502 g/mol. The fourth-order valence-corrected chi connectivity index (χ4v) is 3.73. The van der Waals surface area contributed by atoms with Gasteiger partial charge in [0.25, 0.3) is 11.1 Å². The Hall–Kier alpha value is -1.22. The maximum Gasteiger partial charge on any atom is 0.250 e. The van der Waals surface area contributed by atoms with Crippen molar-refractivity contribution < 1.29 is 4.74 Å². The molecule has 29 heavy (non-hydrogen) atoms. The molecule has 3 rings (SSSR count). The lowest BCUT2D eigenvalue weighted by Gasteiger charge is -2.26. The zero-order chi connectivity index (χ0) is 21.1. The van der Waals surface area contributed by atoms with E-state index in [2.05, 4.69) is 43.7 Å². The first-order valence-corrected chi connectivity index (χ1v) is 11.6. The molecule has 0 radical (unpaired) electrons. The van der Waals surface area contributed by atoms with E-state index in [1.165, 1.54) is 0 Å². The van der Waals surface area contributed by atoms with Crippen molar-refractivity contribution in [2.75, 3.05) is 32.8 Å². The van der Waals surface area contributed by atoms with E-state index in [9.17, 15) is 9.59 Å². The summed E-state index contributed by atoms with van der Waals surface area (Å²) in [6.07, 6.45) is 6.84. The van der Waals surface area contributed by atoms with Gasteiger partial charge in [0, 0.05) is 66.2 Å². The zero-order valence-electron chi connectivity index (χ0n) is 16.9. The molecule has 0 atom stereocenters. The van der Waals surface area contributed by atoms with Crippen LogP contribution in [0.2, 0.25) is 0 Å². The predicted molar refractivity (Wildman–Crippen MR) is 124 cm³/mol. The summed E-state index contributed by atoms with van der Waals surface area (Å²) in [6, 6.07) is 6.73. The van der Waals surface area contributed by atoms with Gasteiger partial charge in [-0.25, -0.2) is 0 Å². The quantitative estimate of drug-likeness (QED) is 0.547. The molecular formula is C21H29Br2N3O3. The fraction of sp³-hybridized carbons (Fsp3) is 0.524. The predicted octanol–water partition coefficient (Wildman–Crippen LogP) is 3.74. The molecule has 1 aliphatic rings. The van der Waals surface area contributed by atoms with Gasteiger partial charge in [-0.05, 0) is 56.8 Å². The van der Waals surface area contributed by atoms with Gasteiger partial charge in [0.15, 0.2) is 0 Å². The van der Waals surface area contributed by atoms with Gasteiger partial charge in [0.05, 0.1) is 13.2 Å². The minimum absolute atomic E-state index is 0.0650. The highest BCUT2D eigenvalue weighted by atomic mass is 79.9. The first-order valence-electron chi connectivity index (χ1n) is 10.0. The summed E-state index contributed by atoms with van der Waals surface area (Å²) in [5.41, 5.74) is 0.141. The second-order valence-corrected chi connectivity index (χ2v) is 8.75. The topological polar surface area (TPSA) is 56.5 Å². The third-order valence-corrected chi connectivity index (χ3v) is 5.56. The number of pyridine rings is 2. The van der Waals surface area contributed by atoms with E-state index >= 15 is 0 Å². The van der Waals surface area contributed by atoms with Gasteiger partial charge < -0.3 is 13.9 Å². The van der Waals surface area contributed by atoms with Crippen molar-refractivity contribution >= 4 is 31.9 Å². The molecule has 0 aliphatic carbocycles. The molecule has 0 unspecified atom stereocenters. The zero-order valence-corrected chi connectivity index (χ0v) is 20.0. The van der Waals surface area contributed by atoms with Crippen molar-refractivity contribution in [3.8, 4) is 0 Å². The summed E-state index contributed by atoms with van der Waals surface area (Å²) in [5, 5.41) is 0. The molecule has 2 aromatic rings. The van der Waals surface area contributed by atoms with Crippen LogP contribution in [0, 0.1) is 0 Å². The first kappa shape index (κ1) is 24.1. The molecule has 0 saturated carbocycles. The Kier molecular flexibility index (Phi) is 10.9. The van der Waals surface area contributed by atoms with E-state index in [0.29, 0.717) is 0 Å². The number of morpholine rings is 1. The lowest BCUT2D eigenvalue weighted by molar-refractivity contribution is 0.0369. The lowest BCUT2D eigenvalue weighted by atomic mass is 10.3. The van der Waals surface area contributed by atoms with Crippen molar-refractivity contribution in [1.29, 1.82) is 0 Å². The van der Waals surface area contributed by atoms with Crippen LogP contribution >= 0.6 is 31.9 Å². The van der Waals surface area contributed by atoms with Gasteiger partial charge in [0.1, 0.15) is 0 Å². The summed E-state index contributed by atoms with van der Waals surface area (Å²) < 4.78 is 10.7. The second-order valence-electron chi connectivity index (χ2n) is 6.92. The van der Waals surface area contributed by atoms with Crippen LogP contribution in [0.5, 0.6) is 0 Å². The number of halogens is 2. The highest BCUT2D eigenvalue weighted by Gasteiger charge is 2.09. The number of unbranched alkanes of at least 4 members (excludes halogenated alkanes) is 1. The highest BCUT2D eigenvalue weighted by molar-refractivity contribution is 9.10. The molecule has 1 aliphatic heterocycles. The summed E-state index contributed by atoms with van der Waals surface area (Å²) in [7, 11) is 0. The van der Waals surface area contributed by atoms with Gasteiger partial charge >= 0.3 is 0 Å². The summed E-state index contributed by atoms with van der Waals surface area (Å²) in [6.45, 7) is 8.41. The molecule has 0 aromatic carbocycles. The molecule has 1 saturated heterocycles. The number of aromatic nitrogens is 2. The van der Waals surface area contributed by atoms with E-state index in [-0.39, 0.29) is 11.1 Å². The molecule has 0 spiro atoms. The Morgan fingerprint density at radius 2 is 1.34 bits per heavy atom. The highest BCUT2D eigenvalue weighted by Crippen LogP contribution is 2.06. The third kappa shape index (κ3) is 8.99. The van der Waals surface area contributed by atoms with Crippen molar-refractivity contribution in [2.45, 2.75) is 39.3 Å². The molecule has 3 heterocycles. The summed E-state index contributed by atoms with van der Waals surface area (Å²) in [5.74, 6) is 0. The van der Waals surface area contributed by atoms with E-state index in [1.807, 2.05) is 12.4 Å². The maximum atomic E-state index is 11.6. The average Bonchev–Trinajstić information content (AvgIpc) is 2.72. The maximum absolute atomic E-state index is 11.6. The Labute approximate surface area is 188 Å². The van der Waals surface area contributed by atoms with Crippen molar-refractivity contribution in [3.63, 3.8) is 0 Å². The first-order chi connectivity index (χ1) is 14.0. The normalized spacial score (nSPS) is 14.3. The molecule has 160 valence electrons. The van der Waals surface area contributed by atoms with Crippen LogP contribution in [-0.2, 0) is 17.8 Å². The van der Waals surface area contributed by atoms with Gasteiger partial charge in [0.2, 0.25) is 0 Å². The van der Waals surface area contributed by atoms with Crippen molar-refractivity contribution in [1.82, 2.24) is 14.0 Å². The minimum Gasteiger partial charge on any atom is -0.379 e. The smallest absolute Gasteiger partial charge is 0.250 e. The number of hydrogen-bond donors (Lipinski definition) is 0. The van der Waals surface area contributed by atoms with E-state index in [1.54, 1.807) is 33.4 Å². The largest absolute Gasteiger partial charge is 0.379 e. The van der Waals surface area contributed by atoms with Crippen LogP contribution in [0.4, 0.5) is 0 Å². The third-order valence-electron chi connectivity index (χ3n) is 4.62. The molecule has 0 N–H and O–H groups in total. The molecule has 2 aromatic heterocycles. The molecule has 0 amide bonds. The number of rotatable bonds is 7. The van der Waals surface area contributed by atoms with Crippen molar-refractivity contribution in [3.05, 3.63) is 66.3 Å². The molecule has 0 bridgehead atoms. The summed E-state index contributed by atoms with van der Waals surface area (Å²) >= 11 is 6.71. The Bertz CT molecular complexity index is 861. The SMILES string of the molecule is CCCCn1cc(Br)ccc1=O.O=c1ccc(Br)cn1CCCN1CCOCC1. The van der Waals surface area contributed by atoms with Gasteiger partial charge in [-0.15, -0.1) is 0 Å². The molecule has 6 nitrogen and oxygen atoms in total. The monoisotopic (exact) mass is 529 g/mol. The summed E-state index contributed by atoms with van der Waals surface area (Å²) in [4.78, 5) is 25.2. The molecule has 1 fully saturated rings. The second kappa shape index (κ2) is 13.2. The van der Waals surface area contributed by atoms with Crippen LogP contribution < -0.4 is 11.1 Å². The van der Waals surface area contributed by atoms with Crippen LogP contribution in [0.3, 0.4) is 0 Å². The minimum atomic E-state index is 0.0650. The van der Waals surface area contributed by atoms with Crippen LogP contribution in [0.15, 0.2) is 55.2 Å². The lowest BCUT2D eigenvalue weighted by Crippen LogP contribution is -2.37. The molecule has 8 heteroatoms. The number of nitrogens with zero attached hydrogens (tertiary/aromatic N) is 3. The van der Waals surface area contributed by atoms with E-state index in [4.69, 9.17) is 4.74 Å². The Morgan fingerprint density at radius 1 is 0.828 bits per heavy atom. The Balaban J connectivity index is 0.000000221. The fourth-order valence-electron chi connectivity index (χ4n) is 2.97. The van der Waals surface area contributed by atoms with Gasteiger partial charge in [-0.1, -0.05) is 13.3 Å². The average molecular weight is 531 g/mol.